The lowest BCUT2D eigenvalue weighted by Crippen LogP contribution is -2.24. The Bertz CT molecular complexity index is 520. The molecule has 0 aromatic heterocycles. The van der Waals surface area contributed by atoms with Crippen LogP contribution in [0.15, 0.2) is 23.4 Å². The Labute approximate surface area is 122 Å². The number of nitrogens with one attached hydrogen (secondary N) is 1. The van der Waals surface area contributed by atoms with Crippen LogP contribution in [-0.2, 0) is 10.3 Å². The second kappa shape index (κ2) is 4.97. The first-order valence-electron chi connectivity index (χ1n) is 6.52. The fourth-order valence-corrected chi connectivity index (χ4v) is 3.56. The van der Waals surface area contributed by atoms with Gasteiger partial charge in [-0.25, -0.2) is 0 Å². The Hall–Kier alpha value is -0.770. The average molecular weight is 299 g/mol. The molecule has 0 bridgehead atoms. The fourth-order valence-electron chi connectivity index (χ4n) is 3.26. The maximum Gasteiger partial charge on any atom is 0.114 e. The second-order valence-corrected chi connectivity index (χ2v) is 5.92. The van der Waals surface area contributed by atoms with Gasteiger partial charge in [-0.05, 0) is 37.1 Å². The molecule has 5 heteroatoms. The quantitative estimate of drug-likeness (QED) is 0.684. The van der Waals surface area contributed by atoms with Crippen molar-refractivity contribution in [2.24, 2.45) is 17.0 Å². The number of oxime groups is 1. The summed E-state index contributed by atoms with van der Waals surface area (Å²) in [6.07, 6.45) is 1.94. The van der Waals surface area contributed by atoms with E-state index in [2.05, 4.69) is 16.5 Å². The van der Waals surface area contributed by atoms with Crippen LogP contribution in [-0.4, -0.2) is 25.9 Å². The third-order valence-electron chi connectivity index (χ3n) is 4.24. The number of rotatable bonds is 4. The molecular weight excluding hydrogens is 283 g/mol. The van der Waals surface area contributed by atoms with E-state index >= 15 is 0 Å². The van der Waals surface area contributed by atoms with Crippen molar-refractivity contribution in [3.05, 3.63) is 33.8 Å². The first kappa shape index (κ1) is 13.2. The smallest absolute Gasteiger partial charge is 0.114 e. The van der Waals surface area contributed by atoms with Crippen LogP contribution in [0.25, 0.3) is 0 Å². The lowest BCUT2D eigenvalue weighted by molar-refractivity contribution is 0.159. The van der Waals surface area contributed by atoms with Crippen LogP contribution in [0.5, 0.6) is 0 Å². The number of piperidine rings is 1. The number of hydrogen-bond acceptors (Lipinski definition) is 3. The Morgan fingerprint density at radius 2 is 2.32 bits per heavy atom. The van der Waals surface area contributed by atoms with Crippen LogP contribution in [0.3, 0.4) is 0 Å². The Morgan fingerprint density at radius 1 is 1.47 bits per heavy atom. The molecule has 3 atom stereocenters. The molecule has 3 rings (SSSR count). The van der Waals surface area contributed by atoms with Gasteiger partial charge in [0.1, 0.15) is 6.61 Å². The van der Waals surface area contributed by atoms with E-state index in [9.17, 15) is 0 Å². The predicted molar refractivity (Wildman–Crippen MR) is 78.1 cm³/mol. The molecule has 3 nitrogen and oxygen atoms in total. The standard InChI is InChI=1S/C14H16Cl2N2O/c1-2-19-18-7-11-10-6-17-8-14(10,11)9-3-4-12(15)13(16)5-9/h3-5,7,10-11,17H,2,6,8H2,1H3/b18-7+. The fraction of sp³-hybridized carbons (Fsp3) is 0.500. The SMILES string of the molecule is CCO/N=C/C1C2CNCC12c1ccc(Cl)c(Cl)c1. The van der Waals surface area contributed by atoms with E-state index in [1.165, 1.54) is 5.56 Å². The molecule has 1 aromatic rings. The molecule has 1 N–H and O–H groups in total. The van der Waals surface area contributed by atoms with Gasteiger partial charge < -0.3 is 10.2 Å². The lowest BCUT2D eigenvalue weighted by Gasteiger charge is -2.15. The van der Waals surface area contributed by atoms with Gasteiger partial charge >= 0.3 is 0 Å². The van der Waals surface area contributed by atoms with Crippen molar-refractivity contribution in [3.63, 3.8) is 0 Å². The monoisotopic (exact) mass is 298 g/mol. The highest BCUT2D eigenvalue weighted by Gasteiger charge is 2.67. The Morgan fingerprint density at radius 3 is 3.05 bits per heavy atom. The maximum absolute atomic E-state index is 6.14. The zero-order chi connectivity index (χ0) is 13.5. The van der Waals surface area contributed by atoms with Gasteiger partial charge in [-0.15, -0.1) is 0 Å². The average Bonchev–Trinajstić information content (AvgIpc) is 2.81. The molecule has 3 unspecified atom stereocenters. The second-order valence-electron chi connectivity index (χ2n) is 5.10. The van der Waals surface area contributed by atoms with E-state index in [4.69, 9.17) is 28.0 Å². The van der Waals surface area contributed by atoms with Crippen molar-refractivity contribution in [2.75, 3.05) is 19.7 Å². The van der Waals surface area contributed by atoms with Crippen LogP contribution < -0.4 is 5.32 Å². The number of benzene rings is 1. The van der Waals surface area contributed by atoms with Crippen LogP contribution in [0, 0.1) is 11.8 Å². The van der Waals surface area contributed by atoms with E-state index in [-0.39, 0.29) is 5.41 Å². The highest BCUT2D eigenvalue weighted by atomic mass is 35.5. The van der Waals surface area contributed by atoms with Crippen molar-refractivity contribution in [1.82, 2.24) is 5.32 Å². The Kier molecular flexibility index (Phi) is 3.46. The summed E-state index contributed by atoms with van der Waals surface area (Å²) in [5.74, 6) is 1.01. The summed E-state index contributed by atoms with van der Waals surface area (Å²) in [5, 5.41) is 8.69. The number of hydrogen-bond donors (Lipinski definition) is 1. The van der Waals surface area contributed by atoms with Crippen molar-refractivity contribution in [3.8, 4) is 0 Å². The summed E-state index contributed by atoms with van der Waals surface area (Å²) < 4.78 is 0. The zero-order valence-corrected chi connectivity index (χ0v) is 12.2. The van der Waals surface area contributed by atoms with Crippen molar-refractivity contribution < 1.29 is 4.84 Å². The van der Waals surface area contributed by atoms with Gasteiger partial charge in [-0.3, -0.25) is 0 Å². The molecule has 1 saturated carbocycles. The third-order valence-corrected chi connectivity index (χ3v) is 4.98. The number of fused-ring (bicyclic) bond motifs is 1. The molecule has 2 fully saturated rings. The molecule has 0 amide bonds. The maximum atomic E-state index is 6.14. The van der Waals surface area contributed by atoms with Gasteiger partial charge in [0.25, 0.3) is 0 Å². The van der Waals surface area contributed by atoms with Crippen molar-refractivity contribution in [1.29, 1.82) is 0 Å². The van der Waals surface area contributed by atoms with Gasteiger partial charge in [-0.1, -0.05) is 34.4 Å². The minimum Gasteiger partial charge on any atom is -0.396 e. The van der Waals surface area contributed by atoms with Crippen molar-refractivity contribution in [2.45, 2.75) is 12.3 Å². The van der Waals surface area contributed by atoms with Crippen LogP contribution in [0.1, 0.15) is 12.5 Å². The first-order chi connectivity index (χ1) is 9.20. The topological polar surface area (TPSA) is 33.6 Å². The minimum absolute atomic E-state index is 0.120. The van der Waals surface area contributed by atoms with Gasteiger partial charge in [0, 0.05) is 24.1 Å². The van der Waals surface area contributed by atoms with Gasteiger partial charge in [0.2, 0.25) is 0 Å². The van der Waals surface area contributed by atoms with Crippen LogP contribution >= 0.6 is 23.2 Å². The first-order valence-corrected chi connectivity index (χ1v) is 7.27. The zero-order valence-electron chi connectivity index (χ0n) is 10.7. The summed E-state index contributed by atoms with van der Waals surface area (Å²) in [4.78, 5) is 5.08. The molecule has 2 aliphatic rings. The molecule has 102 valence electrons. The van der Waals surface area contributed by atoms with E-state index in [0.717, 1.165) is 13.1 Å². The molecule has 0 spiro atoms. The normalized spacial score (nSPS) is 32.6. The lowest BCUT2D eigenvalue weighted by atomic mass is 9.93. The van der Waals surface area contributed by atoms with Gasteiger partial charge in [0.15, 0.2) is 0 Å². The van der Waals surface area contributed by atoms with Crippen molar-refractivity contribution >= 4 is 29.4 Å². The Balaban J connectivity index is 1.87. The molecule has 1 aliphatic carbocycles. The molecular formula is C14H16Cl2N2O. The molecule has 19 heavy (non-hydrogen) atoms. The van der Waals surface area contributed by atoms with Crippen LogP contribution in [0.4, 0.5) is 0 Å². The van der Waals surface area contributed by atoms with Crippen LogP contribution in [0.2, 0.25) is 10.0 Å². The molecule has 1 aromatic carbocycles. The summed E-state index contributed by atoms with van der Waals surface area (Å²) in [6.45, 7) is 4.51. The summed E-state index contributed by atoms with van der Waals surface area (Å²) in [6, 6.07) is 5.93. The number of nitrogens with zero attached hydrogens (tertiary/aromatic N) is 1. The molecule has 1 aliphatic heterocycles. The third kappa shape index (κ3) is 2.04. The minimum atomic E-state index is 0.120. The molecule has 0 radical (unpaired) electrons. The number of halogens is 2. The molecule has 1 saturated heterocycles. The highest BCUT2D eigenvalue weighted by Crippen LogP contribution is 2.61. The predicted octanol–water partition coefficient (Wildman–Crippen LogP) is 3.10. The highest BCUT2D eigenvalue weighted by molar-refractivity contribution is 6.42. The van der Waals surface area contributed by atoms with E-state index in [0.29, 0.717) is 28.5 Å². The largest absolute Gasteiger partial charge is 0.396 e. The van der Waals surface area contributed by atoms with Gasteiger partial charge in [-0.2, -0.15) is 0 Å². The summed E-state index contributed by atoms with van der Waals surface area (Å²) in [5.41, 5.74) is 1.36. The van der Waals surface area contributed by atoms with E-state index in [1.807, 2.05) is 25.3 Å². The van der Waals surface area contributed by atoms with E-state index in [1.54, 1.807) is 0 Å². The van der Waals surface area contributed by atoms with Gasteiger partial charge in [0.05, 0.1) is 10.0 Å². The van der Waals surface area contributed by atoms with E-state index < -0.39 is 0 Å². The summed E-state index contributed by atoms with van der Waals surface area (Å²) >= 11 is 12.1. The summed E-state index contributed by atoms with van der Waals surface area (Å²) in [7, 11) is 0. The molecule has 1 heterocycles.